The zero-order valence-electron chi connectivity index (χ0n) is 11.8. The topological polar surface area (TPSA) is 109 Å². The van der Waals surface area contributed by atoms with Gasteiger partial charge in [0, 0.05) is 0 Å². The normalized spacial score (nSPS) is 13.6. The highest BCUT2D eigenvalue weighted by atomic mass is 32.2. The molecule has 116 valence electrons. The second kappa shape index (κ2) is 6.26. The van der Waals surface area contributed by atoms with Gasteiger partial charge in [0.2, 0.25) is 0 Å². The number of carboxylic acid groups (broad SMARTS) is 2. The van der Waals surface area contributed by atoms with Crippen molar-refractivity contribution in [3.8, 4) is 0 Å². The maximum absolute atomic E-state index is 12.6. The van der Waals surface area contributed by atoms with Gasteiger partial charge in [-0.15, -0.1) is 0 Å². The molecule has 0 spiro atoms. The molecule has 0 aliphatic carbocycles. The van der Waals surface area contributed by atoms with Gasteiger partial charge in [0.25, 0.3) is 0 Å². The quantitative estimate of drug-likeness (QED) is 0.794. The van der Waals surface area contributed by atoms with Crippen LogP contribution in [0.25, 0.3) is 0 Å². The predicted octanol–water partition coefficient (Wildman–Crippen LogP) is 1.80. The maximum atomic E-state index is 12.6. The molecule has 21 heavy (non-hydrogen) atoms. The highest BCUT2D eigenvalue weighted by molar-refractivity contribution is 7.92. The van der Waals surface area contributed by atoms with Crippen LogP contribution in [0, 0.1) is 5.41 Å². The molecule has 2 N–H and O–H groups in total. The molecule has 0 aliphatic rings. The van der Waals surface area contributed by atoms with Crippen molar-refractivity contribution in [2.45, 2.75) is 36.8 Å². The molecule has 6 nitrogen and oxygen atoms in total. The van der Waals surface area contributed by atoms with Crippen molar-refractivity contribution in [2.24, 2.45) is 5.41 Å². The van der Waals surface area contributed by atoms with E-state index in [1.54, 1.807) is 6.07 Å². The third kappa shape index (κ3) is 2.92. The number of carbonyl (C=O) groups is 2. The molecule has 0 aliphatic heterocycles. The van der Waals surface area contributed by atoms with Crippen LogP contribution in [0.1, 0.15) is 26.7 Å². The van der Waals surface area contributed by atoms with Crippen LogP contribution in [0.4, 0.5) is 0 Å². The van der Waals surface area contributed by atoms with Crippen molar-refractivity contribution in [3.05, 3.63) is 30.3 Å². The van der Waals surface area contributed by atoms with Gasteiger partial charge >= 0.3 is 11.9 Å². The first kappa shape index (κ1) is 17.2. The van der Waals surface area contributed by atoms with E-state index >= 15 is 0 Å². The Labute approximate surface area is 123 Å². The van der Waals surface area contributed by atoms with Gasteiger partial charge in [-0.3, -0.25) is 9.59 Å². The maximum Gasteiger partial charge on any atom is 0.323 e. The smallest absolute Gasteiger partial charge is 0.323 e. The van der Waals surface area contributed by atoms with E-state index < -0.39 is 32.4 Å². The molecule has 7 heteroatoms. The van der Waals surface area contributed by atoms with Gasteiger partial charge in [-0.25, -0.2) is 8.42 Å². The minimum Gasteiger partial charge on any atom is -0.481 e. The summed E-state index contributed by atoms with van der Waals surface area (Å²) in [6.07, 6.45) is -0.191. The first-order valence-electron chi connectivity index (χ1n) is 6.49. The lowest BCUT2D eigenvalue weighted by Crippen LogP contribution is -2.50. The molecule has 0 radical (unpaired) electrons. The second-order valence-electron chi connectivity index (χ2n) is 4.74. The Kier molecular flexibility index (Phi) is 5.11. The zero-order valence-corrected chi connectivity index (χ0v) is 12.6. The summed E-state index contributed by atoms with van der Waals surface area (Å²) in [5.41, 5.74) is -1.86. The van der Waals surface area contributed by atoms with Crippen LogP contribution in [0.5, 0.6) is 0 Å². The van der Waals surface area contributed by atoms with E-state index in [1.807, 2.05) is 0 Å². The molecule has 0 heterocycles. The van der Waals surface area contributed by atoms with Crippen molar-refractivity contribution in [3.63, 3.8) is 0 Å². The monoisotopic (exact) mass is 314 g/mol. The second-order valence-corrected chi connectivity index (χ2v) is 6.78. The van der Waals surface area contributed by atoms with Gasteiger partial charge in [-0.2, -0.15) is 0 Å². The lowest BCUT2D eigenvalue weighted by Gasteiger charge is -2.32. The standard InChI is InChI=1S/C14H18O6S/c1-3-14(4-2,13(17)18)11(12(15)16)21(19,20)10-8-6-5-7-9-10/h5-9,11H,3-4H2,1-2H3,(H,15,16)(H,17,18). The fourth-order valence-electron chi connectivity index (χ4n) is 2.45. The summed E-state index contributed by atoms with van der Waals surface area (Å²) in [5.74, 6) is -3.07. The van der Waals surface area contributed by atoms with Gasteiger partial charge in [0.05, 0.1) is 10.3 Å². The number of carboxylic acids is 2. The number of benzene rings is 1. The summed E-state index contributed by atoms with van der Waals surface area (Å²) in [4.78, 5) is 22.9. The number of hydrogen-bond acceptors (Lipinski definition) is 4. The molecule has 1 aromatic rings. The number of rotatable bonds is 7. The Morgan fingerprint density at radius 2 is 1.57 bits per heavy atom. The summed E-state index contributed by atoms with van der Waals surface area (Å²) >= 11 is 0. The van der Waals surface area contributed by atoms with E-state index in [1.165, 1.54) is 38.1 Å². The first-order valence-corrected chi connectivity index (χ1v) is 8.03. The molecule has 0 fully saturated rings. The Bertz CT molecular complexity index is 616. The lowest BCUT2D eigenvalue weighted by molar-refractivity contribution is -0.155. The minimum atomic E-state index is -4.31. The summed E-state index contributed by atoms with van der Waals surface area (Å²) < 4.78 is 25.2. The third-order valence-electron chi connectivity index (χ3n) is 3.80. The molecule has 0 aromatic heterocycles. The molecular formula is C14H18O6S. The molecule has 0 saturated carbocycles. The van der Waals surface area contributed by atoms with Crippen LogP contribution in [-0.4, -0.2) is 35.8 Å². The summed E-state index contributed by atoms with van der Waals surface area (Å²) in [6, 6.07) is 7.06. The molecular weight excluding hydrogens is 296 g/mol. The summed E-state index contributed by atoms with van der Waals surface area (Å²) in [6.45, 7) is 2.96. The molecule has 0 amide bonds. The molecule has 1 aromatic carbocycles. The molecule has 1 rings (SSSR count). The highest BCUT2D eigenvalue weighted by Gasteiger charge is 2.54. The molecule has 1 unspecified atom stereocenters. The van der Waals surface area contributed by atoms with E-state index in [2.05, 4.69) is 0 Å². The Morgan fingerprint density at radius 1 is 1.10 bits per heavy atom. The average Bonchev–Trinajstić information content (AvgIpc) is 2.44. The number of hydrogen-bond donors (Lipinski definition) is 2. The summed E-state index contributed by atoms with van der Waals surface area (Å²) in [5, 5.41) is 16.8. The van der Waals surface area contributed by atoms with Gasteiger partial charge in [0.1, 0.15) is 0 Å². The van der Waals surface area contributed by atoms with Crippen LogP contribution in [0.3, 0.4) is 0 Å². The van der Waals surface area contributed by atoms with Crippen LogP contribution in [0.15, 0.2) is 35.2 Å². The fourth-order valence-corrected chi connectivity index (χ4v) is 4.55. The third-order valence-corrected chi connectivity index (χ3v) is 6.00. The van der Waals surface area contributed by atoms with Crippen molar-refractivity contribution in [2.75, 3.05) is 0 Å². The molecule has 0 saturated heterocycles. The number of sulfone groups is 1. The van der Waals surface area contributed by atoms with Gasteiger partial charge < -0.3 is 10.2 Å². The van der Waals surface area contributed by atoms with Crippen molar-refractivity contribution >= 4 is 21.8 Å². The van der Waals surface area contributed by atoms with Crippen molar-refractivity contribution in [1.82, 2.24) is 0 Å². The Morgan fingerprint density at radius 3 is 1.90 bits per heavy atom. The highest BCUT2D eigenvalue weighted by Crippen LogP contribution is 2.38. The van der Waals surface area contributed by atoms with Crippen molar-refractivity contribution < 1.29 is 28.2 Å². The summed E-state index contributed by atoms with van der Waals surface area (Å²) in [7, 11) is -4.31. The van der Waals surface area contributed by atoms with Gasteiger partial charge in [0.15, 0.2) is 15.1 Å². The van der Waals surface area contributed by atoms with Crippen LogP contribution in [0.2, 0.25) is 0 Å². The first-order chi connectivity index (χ1) is 9.74. The van der Waals surface area contributed by atoms with E-state index in [0.717, 1.165) is 0 Å². The number of aliphatic carboxylic acids is 2. The zero-order chi connectivity index (χ0) is 16.3. The Balaban J connectivity index is 3.57. The molecule has 1 atom stereocenters. The average molecular weight is 314 g/mol. The van der Waals surface area contributed by atoms with Crippen LogP contribution < -0.4 is 0 Å². The largest absolute Gasteiger partial charge is 0.481 e. The SMILES string of the molecule is CCC(CC)(C(=O)O)C(C(=O)O)S(=O)(=O)c1ccccc1. The van der Waals surface area contributed by atoms with E-state index in [0.29, 0.717) is 0 Å². The minimum absolute atomic E-state index is 0.0954. The van der Waals surface area contributed by atoms with Crippen molar-refractivity contribution in [1.29, 1.82) is 0 Å². The van der Waals surface area contributed by atoms with Crippen LogP contribution in [-0.2, 0) is 19.4 Å². The van der Waals surface area contributed by atoms with Gasteiger partial charge in [-0.05, 0) is 25.0 Å². The van der Waals surface area contributed by atoms with E-state index in [-0.39, 0.29) is 17.7 Å². The van der Waals surface area contributed by atoms with Crippen LogP contribution >= 0.6 is 0 Å². The fraction of sp³-hybridized carbons (Fsp3) is 0.429. The molecule has 0 bridgehead atoms. The van der Waals surface area contributed by atoms with E-state index in [9.17, 15) is 28.2 Å². The van der Waals surface area contributed by atoms with Gasteiger partial charge in [-0.1, -0.05) is 32.0 Å². The predicted molar refractivity (Wildman–Crippen MR) is 75.7 cm³/mol. The Hall–Kier alpha value is -1.89. The van der Waals surface area contributed by atoms with E-state index in [4.69, 9.17) is 0 Å². The lowest BCUT2D eigenvalue weighted by atomic mass is 9.79.